The Morgan fingerprint density at radius 1 is 1.23 bits per heavy atom. The summed E-state index contributed by atoms with van der Waals surface area (Å²) in [6, 6.07) is -0.111. The highest BCUT2D eigenvalue weighted by atomic mass is 32.2. The smallest absolute Gasteiger partial charge is 0.315 e. The molecule has 0 bridgehead atoms. The number of hydrogen-bond acceptors (Lipinski definition) is 3. The number of sulfonamides is 1. The summed E-state index contributed by atoms with van der Waals surface area (Å²) in [4.78, 5) is 11.8. The minimum Gasteiger partial charge on any atom is -0.338 e. The molecule has 1 saturated heterocycles. The normalized spacial score (nSPS) is 18.2. The van der Waals surface area contributed by atoms with Crippen molar-refractivity contribution in [3.63, 3.8) is 0 Å². The first-order chi connectivity index (χ1) is 10.1. The van der Waals surface area contributed by atoms with Gasteiger partial charge in [-0.15, -0.1) is 0 Å². The average molecular weight is 333 g/mol. The summed E-state index contributed by atoms with van der Waals surface area (Å²) in [5.41, 5.74) is 0.0497. The van der Waals surface area contributed by atoms with Gasteiger partial charge in [-0.05, 0) is 24.7 Å². The molecule has 0 saturated carbocycles. The van der Waals surface area contributed by atoms with Gasteiger partial charge in [-0.25, -0.2) is 17.5 Å². The van der Waals surface area contributed by atoms with Crippen LogP contribution in [-0.4, -0.2) is 50.2 Å². The molecule has 1 aliphatic rings. The third-order valence-corrected chi connectivity index (χ3v) is 5.67. The van der Waals surface area contributed by atoms with Crippen molar-refractivity contribution >= 4 is 16.1 Å². The van der Waals surface area contributed by atoms with Gasteiger partial charge in [0.05, 0.1) is 5.75 Å². The first kappa shape index (κ1) is 19.2. The molecular formula is C15H31N3O3S. The van der Waals surface area contributed by atoms with Gasteiger partial charge in [-0.2, -0.15) is 0 Å². The lowest BCUT2D eigenvalue weighted by Gasteiger charge is -2.32. The lowest BCUT2D eigenvalue weighted by atomic mass is 9.97. The first-order valence-corrected chi connectivity index (χ1v) is 9.77. The highest BCUT2D eigenvalue weighted by molar-refractivity contribution is 7.89. The number of carbonyl (C=O) groups excluding carboxylic acids is 1. The van der Waals surface area contributed by atoms with Gasteiger partial charge in [0, 0.05) is 25.7 Å². The van der Waals surface area contributed by atoms with Crippen LogP contribution in [-0.2, 0) is 10.0 Å². The van der Waals surface area contributed by atoms with Crippen molar-refractivity contribution in [1.82, 2.24) is 14.9 Å². The molecule has 0 radical (unpaired) electrons. The van der Waals surface area contributed by atoms with E-state index in [1.807, 2.05) is 6.92 Å². The molecule has 6 nitrogen and oxygen atoms in total. The number of hydrogen-bond donors (Lipinski definition) is 2. The van der Waals surface area contributed by atoms with Crippen LogP contribution in [0.5, 0.6) is 0 Å². The maximum Gasteiger partial charge on any atom is 0.315 e. The maximum absolute atomic E-state index is 12.1. The Labute approximate surface area is 135 Å². The van der Waals surface area contributed by atoms with Crippen LogP contribution in [0.4, 0.5) is 4.79 Å². The maximum atomic E-state index is 12.1. The monoisotopic (exact) mass is 333 g/mol. The number of carbonyl (C=O) groups is 1. The van der Waals surface area contributed by atoms with Crippen LogP contribution in [0.15, 0.2) is 0 Å². The largest absolute Gasteiger partial charge is 0.338 e. The Kier molecular flexibility index (Phi) is 7.12. The van der Waals surface area contributed by atoms with Crippen molar-refractivity contribution < 1.29 is 13.2 Å². The molecule has 130 valence electrons. The minimum atomic E-state index is -3.12. The third-order valence-electron chi connectivity index (χ3n) is 3.72. The zero-order valence-electron chi connectivity index (χ0n) is 14.3. The van der Waals surface area contributed by atoms with E-state index in [0.29, 0.717) is 38.9 Å². The molecule has 0 aliphatic carbocycles. The van der Waals surface area contributed by atoms with E-state index in [2.05, 4.69) is 31.4 Å². The number of nitrogens with zero attached hydrogens (tertiary/aromatic N) is 1. The topological polar surface area (TPSA) is 78.5 Å². The van der Waals surface area contributed by atoms with Crippen molar-refractivity contribution in [2.75, 3.05) is 25.4 Å². The summed E-state index contributed by atoms with van der Waals surface area (Å²) in [6.45, 7) is 9.78. The Balaban J connectivity index is 2.35. The van der Waals surface area contributed by atoms with Gasteiger partial charge in [0.2, 0.25) is 10.0 Å². The molecule has 1 aliphatic heterocycles. The number of piperidine rings is 1. The molecule has 1 rings (SSSR count). The fraction of sp³-hybridized carbons (Fsp3) is 0.933. The van der Waals surface area contributed by atoms with Gasteiger partial charge < -0.3 is 10.6 Å². The second-order valence-corrected chi connectivity index (χ2v) is 9.32. The quantitative estimate of drug-likeness (QED) is 0.779. The summed E-state index contributed by atoms with van der Waals surface area (Å²) in [7, 11) is -3.12. The number of rotatable bonds is 6. The van der Waals surface area contributed by atoms with Crippen molar-refractivity contribution in [3.8, 4) is 0 Å². The van der Waals surface area contributed by atoms with Crippen LogP contribution >= 0.6 is 0 Å². The van der Waals surface area contributed by atoms with Gasteiger partial charge in [0.15, 0.2) is 0 Å². The van der Waals surface area contributed by atoms with Gasteiger partial charge in [0.25, 0.3) is 0 Å². The van der Waals surface area contributed by atoms with E-state index in [4.69, 9.17) is 0 Å². The van der Waals surface area contributed by atoms with E-state index < -0.39 is 10.0 Å². The minimum absolute atomic E-state index is 0.0497. The van der Waals surface area contributed by atoms with Crippen LogP contribution in [0.2, 0.25) is 0 Å². The molecule has 0 atom stereocenters. The van der Waals surface area contributed by atoms with Crippen molar-refractivity contribution in [2.45, 2.75) is 59.4 Å². The Morgan fingerprint density at radius 2 is 1.82 bits per heavy atom. The predicted octanol–water partition coefficient (Wildman–Crippen LogP) is 1.93. The van der Waals surface area contributed by atoms with E-state index in [1.165, 1.54) is 0 Å². The Bertz CT molecular complexity index is 449. The summed E-state index contributed by atoms with van der Waals surface area (Å²) < 4.78 is 25.8. The highest BCUT2D eigenvalue weighted by Crippen LogP contribution is 2.15. The van der Waals surface area contributed by atoms with Crippen LogP contribution in [0.3, 0.4) is 0 Å². The molecule has 2 amide bonds. The summed E-state index contributed by atoms with van der Waals surface area (Å²) in [5, 5.41) is 5.79. The van der Waals surface area contributed by atoms with E-state index >= 15 is 0 Å². The number of unbranched alkanes of at least 4 members (excludes halogenated alkanes) is 1. The summed E-state index contributed by atoms with van der Waals surface area (Å²) in [5.74, 6) is 0.230. The molecule has 0 aromatic rings. The molecule has 1 heterocycles. The Hall–Kier alpha value is -0.820. The third kappa shape index (κ3) is 6.96. The van der Waals surface area contributed by atoms with E-state index in [-0.39, 0.29) is 23.2 Å². The average Bonchev–Trinajstić information content (AvgIpc) is 2.43. The van der Waals surface area contributed by atoms with E-state index in [0.717, 1.165) is 6.42 Å². The second-order valence-electron chi connectivity index (χ2n) is 7.23. The lowest BCUT2D eigenvalue weighted by molar-refractivity contribution is 0.223. The highest BCUT2D eigenvalue weighted by Gasteiger charge is 2.28. The number of nitrogens with one attached hydrogen (secondary N) is 2. The molecule has 7 heteroatoms. The molecule has 22 heavy (non-hydrogen) atoms. The fourth-order valence-electron chi connectivity index (χ4n) is 2.32. The SMILES string of the molecule is CCCCS(=O)(=O)N1CCC(NC(=O)NCC(C)(C)C)CC1. The van der Waals surface area contributed by atoms with E-state index in [9.17, 15) is 13.2 Å². The van der Waals surface area contributed by atoms with Crippen molar-refractivity contribution in [2.24, 2.45) is 5.41 Å². The van der Waals surface area contributed by atoms with Crippen LogP contribution in [0.1, 0.15) is 53.4 Å². The molecular weight excluding hydrogens is 302 g/mol. The van der Waals surface area contributed by atoms with Crippen molar-refractivity contribution in [1.29, 1.82) is 0 Å². The standard InChI is InChI=1S/C15H31N3O3S/c1-5-6-11-22(20,21)18-9-7-13(8-10-18)17-14(19)16-12-15(2,3)4/h13H,5-12H2,1-4H3,(H2,16,17,19). The number of urea groups is 1. The van der Waals surface area contributed by atoms with Crippen LogP contribution in [0.25, 0.3) is 0 Å². The molecule has 0 aromatic heterocycles. The molecule has 2 N–H and O–H groups in total. The van der Waals surface area contributed by atoms with Crippen molar-refractivity contribution in [3.05, 3.63) is 0 Å². The summed E-state index contributed by atoms with van der Waals surface area (Å²) >= 11 is 0. The number of amides is 2. The van der Waals surface area contributed by atoms with Gasteiger partial charge in [-0.1, -0.05) is 34.1 Å². The predicted molar refractivity (Wildman–Crippen MR) is 89.3 cm³/mol. The van der Waals surface area contributed by atoms with Crippen LogP contribution in [0, 0.1) is 5.41 Å². The zero-order valence-corrected chi connectivity index (χ0v) is 15.1. The van der Waals surface area contributed by atoms with Gasteiger partial charge >= 0.3 is 6.03 Å². The second kappa shape index (κ2) is 8.15. The first-order valence-electron chi connectivity index (χ1n) is 8.16. The molecule has 0 unspecified atom stereocenters. The lowest BCUT2D eigenvalue weighted by Crippen LogP contribution is -2.50. The zero-order chi connectivity index (χ0) is 16.8. The van der Waals surface area contributed by atoms with E-state index in [1.54, 1.807) is 4.31 Å². The van der Waals surface area contributed by atoms with Gasteiger partial charge in [0.1, 0.15) is 0 Å². The summed E-state index contributed by atoms with van der Waals surface area (Å²) in [6.07, 6.45) is 2.93. The fourth-order valence-corrected chi connectivity index (χ4v) is 3.99. The van der Waals surface area contributed by atoms with Gasteiger partial charge in [-0.3, -0.25) is 0 Å². The molecule has 0 spiro atoms. The molecule has 1 fully saturated rings. The molecule has 0 aromatic carbocycles. The van der Waals surface area contributed by atoms with Crippen LogP contribution < -0.4 is 10.6 Å². The Morgan fingerprint density at radius 3 is 2.32 bits per heavy atom.